The van der Waals surface area contributed by atoms with E-state index >= 15 is 0 Å². The van der Waals surface area contributed by atoms with E-state index in [1.54, 1.807) is 17.9 Å². The third-order valence-corrected chi connectivity index (χ3v) is 6.39. The molecule has 1 N–H and O–H groups in total. The van der Waals surface area contributed by atoms with Crippen LogP contribution in [0.5, 0.6) is 5.75 Å². The molecule has 0 spiro atoms. The number of hydrogen-bond donors (Lipinski definition) is 1. The summed E-state index contributed by atoms with van der Waals surface area (Å²) in [6, 6.07) is 7.45. The van der Waals surface area contributed by atoms with E-state index in [9.17, 15) is 9.59 Å². The molecule has 0 radical (unpaired) electrons. The van der Waals surface area contributed by atoms with Crippen molar-refractivity contribution in [1.29, 1.82) is 0 Å². The van der Waals surface area contributed by atoms with Crippen LogP contribution in [0, 0.1) is 12.8 Å². The molecule has 1 aliphatic carbocycles. The van der Waals surface area contributed by atoms with Crippen LogP contribution in [0.2, 0.25) is 0 Å². The molecular formula is C24H27N3O5. The van der Waals surface area contributed by atoms with Crippen LogP contribution in [0.4, 0.5) is 5.82 Å². The summed E-state index contributed by atoms with van der Waals surface area (Å²) >= 11 is 0. The number of rotatable bonds is 5. The number of aryl methyl sites for hydroxylation is 3. The van der Waals surface area contributed by atoms with Gasteiger partial charge in [-0.15, -0.1) is 0 Å². The molecule has 0 unspecified atom stereocenters. The van der Waals surface area contributed by atoms with Crippen molar-refractivity contribution in [2.45, 2.75) is 45.4 Å². The molecule has 3 heterocycles. The van der Waals surface area contributed by atoms with Crippen molar-refractivity contribution in [3.05, 3.63) is 41.3 Å². The second kappa shape index (κ2) is 8.68. The Labute approximate surface area is 185 Å². The fourth-order valence-electron chi connectivity index (χ4n) is 4.61. The molecule has 2 amide bonds. The number of nitrogens with zero attached hydrogens (tertiary/aromatic N) is 2. The lowest BCUT2D eigenvalue weighted by Gasteiger charge is -2.31. The minimum absolute atomic E-state index is 0.0133. The smallest absolute Gasteiger partial charge is 0.260 e. The van der Waals surface area contributed by atoms with Crippen molar-refractivity contribution in [2.75, 3.05) is 25.0 Å². The lowest BCUT2D eigenvalue weighted by molar-refractivity contribution is -0.136. The minimum Gasteiger partial charge on any atom is -0.484 e. The number of nitrogens with one attached hydrogen (secondary N) is 1. The van der Waals surface area contributed by atoms with Crippen molar-refractivity contribution < 1.29 is 23.3 Å². The lowest BCUT2D eigenvalue weighted by atomic mass is 9.96. The molecule has 1 aromatic carbocycles. The first-order chi connectivity index (χ1) is 15.6. The summed E-state index contributed by atoms with van der Waals surface area (Å²) in [7, 11) is 0. The molecule has 3 aromatic rings. The first kappa shape index (κ1) is 20.6. The number of aromatic nitrogens is 1. The third kappa shape index (κ3) is 4.22. The van der Waals surface area contributed by atoms with Crippen LogP contribution >= 0.6 is 0 Å². The van der Waals surface area contributed by atoms with Gasteiger partial charge >= 0.3 is 0 Å². The van der Waals surface area contributed by atoms with Crippen molar-refractivity contribution >= 4 is 28.6 Å². The Kier molecular flexibility index (Phi) is 5.59. The van der Waals surface area contributed by atoms with Gasteiger partial charge in [0.15, 0.2) is 12.4 Å². The van der Waals surface area contributed by atoms with Crippen LogP contribution in [-0.4, -0.2) is 41.6 Å². The molecule has 8 nitrogen and oxygen atoms in total. The van der Waals surface area contributed by atoms with Crippen molar-refractivity contribution in [3.63, 3.8) is 0 Å². The highest BCUT2D eigenvalue weighted by molar-refractivity contribution is 5.92. The number of amides is 2. The van der Waals surface area contributed by atoms with E-state index in [0.717, 1.165) is 29.6 Å². The largest absolute Gasteiger partial charge is 0.484 e. The molecule has 2 aliphatic rings. The molecule has 0 atom stereocenters. The van der Waals surface area contributed by atoms with Gasteiger partial charge in [0, 0.05) is 42.4 Å². The van der Waals surface area contributed by atoms with E-state index in [2.05, 4.69) is 10.5 Å². The van der Waals surface area contributed by atoms with Gasteiger partial charge in [-0.2, -0.15) is 0 Å². The summed E-state index contributed by atoms with van der Waals surface area (Å²) in [5, 5.41) is 7.67. The van der Waals surface area contributed by atoms with Crippen LogP contribution in [0.3, 0.4) is 0 Å². The maximum atomic E-state index is 12.6. The molecule has 0 saturated carbocycles. The summed E-state index contributed by atoms with van der Waals surface area (Å²) < 4.78 is 16.8. The molecule has 5 rings (SSSR count). The summed E-state index contributed by atoms with van der Waals surface area (Å²) in [5.41, 5.74) is 2.17. The number of carbonyl (C=O) groups is 2. The van der Waals surface area contributed by atoms with E-state index in [0.29, 0.717) is 43.3 Å². The molecule has 32 heavy (non-hydrogen) atoms. The Morgan fingerprint density at radius 3 is 2.78 bits per heavy atom. The SMILES string of the molecule is Cc1cc(NC(=O)C2CCN(C(=O)COc3ccc4oc5c(c4c3)CCCC5)CC2)no1. The van der Waals surface area contributed by atoms with Crippen molar-refractivity contribution in [3.8, 4) is 5.75 Å². The highest BCUT2D eigenvalue weighted by Gasteiger charge is 2.28. The predicted octanol–water partition coefficient (Wildman–Crippen LogP) is 3.86. The first-order valence-corrected chi connectivity index (χ1v) is 11.3. The average Bonchev–Trinajstić information content (AvgIpc) is 3.40. The van der Waals surface area contributed by atoms with Gasteiger partial charge in [-0.1, -0.05) is 5.16 Å². The molecule has 1 saturated heterocycles. The normalized spacial score (nSPS) is 16.7. The quantitative estimate of drug-likeness (QED) is 0.651. The maximum absolute atomic E-state index is 12.6. The summed E-state index contributed by atoms with van der Waals surface area (Å²) in [5.74, 6) is 2.54. The van der Waals surface area contributed by atoms with Crippen LogP contribution in [0.1, 0.15) is 42.8 Å². The van der Waals surface area contributed by atoms with E-state index < -0.39 is 0 Å². The van der Waals surface area contributed by atoms with Crippen molar-refractivity contribution in [2.24, 2.45) is 5.92 Å². The Morgan fingerprint density at radius 2 is 2.00 bits per heavy atom. The Hall–Kier alpha value is -3.29. The lowest BCUT2D eigenvalue weighted by Crippen LogP contribution is -2.43. The van der Waals surface area contributed by atoms with Crippen molar-refractivity contribution in [1.82, 2.24) is 10.1 Å². The first-order valence-electron chi connectivity index (χ1n) is 11.3. The Bertz CT molecular complexity index is 1140. The molecule has 0 bridgehead atoms. The number of fused-ring (bicyclic) bond motifs is 3. The number of benzene rings is 1. The number of furan rings is 1. The van der Waals surface area contributed by atoms with Gasteiger partial charge in [-0.05, 0) is 57.2 Å². The number of hydrogen-bond acceptors (Lipinski definition) is 6. The minimum atomic E-state index is -0.147. The van der Waals surface area contributed by atoms with Gasteiger partial charge in [0.25, 0.3) is 5.91 Å². The third-order valence-electron chi connectivity index (χ3n) is 6.39. The zero-order chi connectivity index (χ0) is 22.1. The summed E-state index contributed by atoms with van der Waals surface area (Å²) in [4.78, 5) is 26.8. The van der Waals surface area contributed by atoms with Gasteiger partial charge in [-0.3, -0.25) is 9.59 Å². The van der Waals surface area contributed by atoms with Gasteiger partial charge in [0.2, 0.25) is 5.91 Å². The molecule has 168 valence electrons. The zero-order valence-electron chi connectivity index (χ0n) is 18.2. The summed E-state index contributed by atoms with van der Waals surface area (Å²) in [6.07, 6.45) is 5.60. The molecule has 2 aromatic heterocycles. The van der Waals surface area contributed by atoms with Gasteiger partial charge in [0.1, 0.15) is 22.9 Å². The van der Waals surface area contributed by atoms with E-state index in [1.165, 1.54) is 18.4 Å². The fourth-order valence-corrected chi connectivity index (χ4v) is 4.61. The Balaban J connectivity index is 1.13. The Morgan fingerprint density at radius 1 is 1.19 bits per heavy atom. The van der Waals surface area contributed by atoms with Crippen LogP contribution < -0.4 is 10.1 Å². The fraction of sp³-hybridized carbons (Fsp3) is 0.458. The van der Waals surface area contributed by atoms with E-state index in [-0.39, 0.29) is 24.3 Å². The second-order valence-corrected chi connectivity index (χ2v) is 8.62. The van der Waals surface area contributed by atoms with E-state index in [1.807, 2.05) is 18.2 Å². The van der Waals surface area contributed by atoms with Crippen LogP contribution in [0.25, 0.3) is 11.0 Å². The highest BCUT2D eigenvalue weighted by Crippen LogP contribution is 2.34. The van der Waals surface area contributed by atoms with Gasteiger partial charge < -0.3 is 23.9 Å². The number of ether oxygens (including phenoxy) is 1. The number of carbonyl (C=O) groups excluding carboxylic acids is 2. The maximum Gasteiger partial charge on any atom is 0.260 e. The number of anilines is 1. The topological polar surface area (TPSA) is 97.8 Å². The number of likely N-dealkylation sites (tertiary alicyclic amines) is 1. The van der Waals surface area contributed by atoms with Crippen LogP contribution in [0.15, 0.2) is 33.2 Å². The molecule has 8 heteroatoms. The molecule has 1 aliphatic heterocycles. The van der Waals surface area contributed by atoms with Gasteiger partial charge in [0.05, 0.1) is 0 Å². The van der Waals surface area contributed by atoms with Gasteiger partial charge in [-0.25, -0.2) is 0 Å². The zero-order valence-corrected chi connectivity index (χ0v) is 18.2. The standard InChI is InChI=1S/C24H27N3O5/c1-15-12-22(26-32-15)25-24(29)16-8-10-27(11-9-16)23(28)14-30-17-6-7-21-19(13-17)18-4-2-3-5-20(18)31-21/h6-7,12-13,16H,2-5,8-11,14H2,1H3,(H,25,26,29). The molecular weight excluding hydrogens is 410 g/mol. The number of piperidine rings is 1. The monoisotopic (exact) mass is 437 g/mol. The highest BCUT2D eigenvalue weighted by atomic mass is 16.5. The summed E-state index contributed by atoms with van der Waals surface area (Å²) in [6.45, 7) is 2.83. The molecule has 1 fully saturated rings. The second-order valence-electron chi connectivity index (χ2n) is 8.62. The predicted molar refractivity (Wildman–Crippen MR) is 118 cm³/mol. The van der Waals surface area contributed by atoms with E-state index in [4.69, 9.17) is 13.7 Å². The van der Waals surface area contributed by atoms with Crippen LogP contribution in [-0.2, 0) is 22.4 Å². The average molecular weight is 437 g/mol.